The van der Waals surface area contributed by atoms with Crippen LogP contribution in [0.3, 0.4) is 0 Å². The van der Waals surface area contributed by atoms with Crippen LogP contribution in [-0.2, 0) is 0 Å². The molecule has 1 rings (SSSR count). The maximum absolute atomic E-state index is 11.9. The first-order chi connectivity index (χ1) is 8.99. The smallest absolute Gasteiger partial charge is 0.254 e. The third kappa shape index (κ3) is 3.74. The van der Waals surface area contributed by atoms with E-state index in [0.717, 1.165) is 0 Å². The highest BCUT2D eigenvalue weighted by atomic mass is 35.5. The summed E-state index contributed by atoms with van der Waals surface area (Å²) in [6.45, 7) is 0. The van der Waals surface area contributed by atoms with Crippen LogP contribution in [0.4, 0.5) is 5.69 Å². The van der Waals surface area contributed by atoms with Crippen LogP contribution < -0.4 is 5.32 Å². The predicted octanol–water partition coefficient (Wildman–Crippen LogP) is 2.38. The van der Waals surface area contributed by atoms with E-state index < -0.39 is 0 Å². The molecule has 0 saturated heterocycles. The third-order valence-electron chi connectivity index (χ3n) is 2.23. The monoisotopic (exact) mass is 274 g/mol. The van der Waals surface area contributed by atoms with E-state index in [4.69, 9.17) is 22.1 Å². The van der Waals surface area contributed by atoms with Crippen molar-refractivity contribution in [3.05, 3.63) is 40.6 Å². The van der Waals surface area contributed by atoms with Gasteiger partial charge in [-0.05, 0) is 18.2 Å². The molecule has 0 heterocycles. The molecule has 0 aliphatic heterocycles. The van der Waals surface area contributed by atoms with Gasteiger partial charge in [-0.3, -0.25) is 4.79 Å². The van der Waals surface area contributed by atoms with Gasteiger partial charge in [-0.25, -0.2) is 0 Å². The predicted molar refractivity (Wildman–Crippen MR) is 72.4 cm³/mol. The molecule has 0 bridgehead atoms. The molecule has 0 aromatic heterocycles. The highest BCUT2D eigenvalue weighted by Gasteiger charge is 2.12. The average Bonchev–Trinajstić information content (AvgIpc) is 2.40. The minimum atomic E-state index is -0.224. The fraction of sp³-hybridized carbons (Fsp3) is 0.154. The number of carbonyl (C=O) groups is 1. The van der Waals surface area contributed by atoms with E-state index in [2.05, 4.69) is 5.32 Å². The van der Waals surface area contributed by atoms with Crippen molar-refractivity contribution in [1.29, 1.82) is 10.5 Å². The average molecular weight is 275 g/mol. The molecule has 0 fully saturated rings. The Hall–Kier alpha value is -2.50. The number of nitrogens with zero attached hydrogens (tertiary/aromatic N) is 3. The summed E-state index contributed by atoms with van der Waals surface area (Å²) >= 11 is 5.96. The van der Waals surface area contributed by atoms with Gasteiger partial charge in [-0.1, -0.05) is 11.6 Å². The molecule has 0 atom stereocenters. The molecule has 1 aromatic carbocycles. The van der Waals surface area contributed by atoms with Crippen LogP contribution in [0.1, 0.15) is 10.4 Å². The first-order valence-electron chi connectivity index (χ1n) is 5.27. The maximum Gasteiger partial charge on any atom is 0.254 e. The lowest BCUT2D eigenvalue weighted by Crippen LogP contribution is -2.22. The highest BCUT2D eigenvalue weighted by molar-refractivity contribution is 6.34. The zero-order chi connectivity index (χ0) is 14.4. The van der Waals surface area contributed by atoms with E-state index in [9.17, 15) is 4.79 Å². The van der Waals surface area contributed by atoms with Crippen molar-refractivity contribution in [2.45, 2.75) is 0 Å². The summed E-state index contributed by atoms with van der Waals surface area (Å²) in [5.41, 5.74) is 0.855. The molecule has 1 aromatic rings. The molecule has 1 amide bonds. The normalized spacial score (nSPS) is 8.89. The van der Waals surface area contributed by atoms with Gasteiger partial charge in [0.05, 0.1) is 10.6 Å². The second kappa shape index (κ2) is 6.44. The number of carbonyl (C=O) groups excluding carboxylic acids is 1. The molecule has 96 valence electrons. The number of halogens is 1. The van der Waals surface area contributed by atoms with Gasteiger partial charge in [0.15, 0.2) is 0 Å². The zero-order valence-corrected chi connectivity index (χ0v) is 11.2. The van der Waals surface area contributed by atoms with Crippen molar-refractivity contribution in [3.63, 3.8) is 0 Å². The molecule has 0 aliphatic carbocycles. The van der Waals surface area contributed by atoms with Gasteiger partial charge >= 0.3 is 0 Å². The Kier molecular flexibility index (Phi) is 4.93. The Labute approximate surface area is 116 Å². The molecule has 0 saturated carbocycles. The highest BCUT2D eigenvalue weighted by Crippen LogP contribution is 2.21. The van der Waals surface area contributed by atoms with Crippen molar-refractivity contribution >= 4 is 23.2 Å². The number of rotatable bonds is 3. The fourth-order valence-corrected chi connectivity index (χ4v) is 1.46. The summed E-state index contributed by atoms with van der Waals surface area (Å²) in [5.74, 6) is -0.224. The van der Waals surface area contributed by atoms with Crippen molar-refractivity contribution in [2.24, 2.45) is 0 Å². The van der Waals surface area contributed by atoms with Gasteiger partial charge in [-0.15, -0.1) is 0 Å². The van der Waals surface area contributed by atoms with Crippen molar-refractivity contribution in [3.8, 4) is 12.1 Å². The first-order valence-corrected chi connectivity index (χ1v) is 5.65. The number of amides is 1. The Morgan fingerprint density at radius 1 is 1.37 bits per heavy atom. The summed E-state index contributed by atoms with van der Waals surface area (Å²) in [4.78, 5) is 13.3. The minimum Gasteiger partial charge on any atom is -0.360 e. The van der Waals surface area contributed by atoms with Gasteiger partial charge in [0.2, 0.25) is 0 Å². The standard InChI is InChI=1S/C13H11ClN4O/c1-18(2)13(19)11-5-10(3-4-12(11)14)17-8-9(6-15)7-16/h3-5,8,17H,1-2H3. The molecule has 0 unspecified atom stereocenters. The van der Waals surface area contributed by atoms with Crippen LogP contribution in [0, 0.1) is 22.7 Å². The largest absolute Gasteiger partial charge is 0.360 e. The third-order valence-corrected chi connectivity index (χ3v) is 2.56. The van der Waals surface area contributed by atoms with Crippen molar-refractivity contribution < 1.29 is 4.79 Å². The quantitative estimate of drug-likeness (QED) is 0.858. The molecule has 6 heteroatoms. The van der Waals surface area contributed by atoms with E-state index in [1.54, 1.807) is 44.4 Å². The number of allylic oxidation sites excluding steroid dienone is 1. The topological polar surface area (TPSA) is 79.9 Å². The number of hydrogen-bond acceptors (Lipinski definition) is 4. The van der Waals surface area contributed by atoms with Gasteiger partial charge in [0, 0.05) is 26.0 Å². The zero-order valence-electron chi connectivity index (χ0n) is 10.4. The Morgan fingerprint density at radius 2 is 2.00 bits per heavy atom. The van der Waals surface area contributed by atoms with Crippen LogP contribution in [-0.4, -0.2) is 24.9 Å². The second-order valence-electron chi connectivity index (χ2n) is 3.82. The van der Waals surface area contributed by atoms with Crippen LogP contribution in [0.2, 0.25) is 5.02 Å². The fourth-order valence-electron chi connectivity index (χ4n) is 1.26. The molecule has 1 N–H and O–H groups in total. The summed E-state index contributed by atoms with van der Waals surface area (Å²) in [6, 6.07) is 8.24. The van der Waals surface area contributed by atoms with Gasteiger partial charge < -0.3 is 10.2 Å². The van der Waals surface area contributed by atoms with E-state index in [0.29, 0.717) is 16.3 Å². The van der Waals surface area contributed by atoms with Crippen LogP contribution in [0.15, 0.2) is 30.0 Å². The lowest BCUT2D eigenvalue weighted by atomic mass is 10.1. The van der Waals surface area contributed by atoms with E-state index in [-0.39, 0.29) is 11.5 Å². The van der Waals surface area contributed by atoms with Crippen LogP contribution in [0.25, 0.3) is 0 Å². The first kappa shape index (κ1) is 14.6. The second-order valence-corrected chi connectivity index (χ2v) is 4.23. The molecule has 0 aliphatic rings. The maximum atomic E-state index is 11.9. The van der Waals surface area contributed by atoms with E-state index in [1.807, 2.05) is 0 Å². The molecular formula is C13H11ClN4O. The molecule has 19 heavy (non-hydrogen) atoms. The van der Waals surface area contributed by atoms with Gasteiger partial charge in [-0.2, -0.15) is 10.5 Å². The summed E-state index contributed by atoms with van der Waals surface area (Å²) in [5, 5.41) is 20.3. The number of nitrogens with one attached hydrogen (secondary N) is 1. The number of anilines is 1. The van der Waals surface area contributed by atoms with E-state index >= 15 is 0 Å². The van der Waals surface area contributed by atoms with Crippen molar-refractivity contribution in [2.75, 3.05) is 19.4 Å². The Morgan fingerprint density at radius 3 is 2.53 bits per heavy atom. The number of benzene rings is 1. The number of hydrogen-bond donors (Lipinski definition) is 1. The van der Waals surface area contributed by atoms with Crippen LogP contribution >= 0.6 is 11.6 Å². The summed E-state index contributed by atoms with van der Waals surface area (Å²) < 4.78 is 0. The molecule has 5 nitrogen and oxygen atoms in total. The SMILES string of the molecule is CN(C)C(=O)c1cc(NC=C(C#N)C#N)ccc1Cl. The van der Waals surface area contributed by atoms with Crippen LogP contribution in [0.5, 0.6) is 0 Å². The number of nitriles is 2. The Bertz CT molecular complexity index is 592. The molecule has 0 spiro atoms. The summed E-state index contributed by atoms with van der Waals surface area (Å²) in [7, 11) is 3.25. The molecular weight excluding hydrogens is 264 g/mol. The van der Waals surface area contributed by atoms with Gasteiger partial charge in [0.25, 0.3) is 5.91 Å². The molecule has 0 radical (unpaired) electrons. The van der Waals surface area contributed by atoms with Crippen molar-refractivity contribution in [1.82, 2.24) is 4.90 Å². The lowest BCUT2D eigenvalue weighted by Gasteiger charge is -2.12. The van der Waals surface area contributed by atoms with Gasteiger partial charge in [0.1, 0.15) is 17.7 Å². The summed E-state index contributed by atoms with van der Waals surface area (Å²) in [6.07, 6.45) is 1.27. The lowest BCUT2D eigenvalue weighted by molar-refractivity contribution is 0.0828. The Balaban J connectivity index is 3.05. The van der Waals surface area contributed by atoms with E-state index in [1.165, 1.54) is 11.1 Å². The minimum absolute atomic E-state index is 0.0598.